The SMILES string of the molecule is NC(=O)C12C(=O)N=C(N)C1(C(N)=O)C2c1ccccc1. The molecule has 102 valence electrons. The van der Waals surface area contributed by atoms with Gasteiger partial charge in [0, 0.05) is 5.92 Å². The topological polar surface area (TPSA) is 142 Å². The first kappa shape index (κ1) is 12.3. The normalized spacial score (nSPS) is 34.3. The van der Waals surface area contributed by atoms with Gasteiger partial charge in [-0.1, -0.05) is 30.3 Å². The Labute approximate surface area is 113 Å². The van der Waals surface area contributed by atoms with Gasteiger partial charge in [0.1, 0.15) is 11.3 Å². The summed E-state index contributed by atoms with van der Waals surface area (Å²) in [5.74, 6) is -3.61. The van der Waals surface area contributed by atoms with E-state index in [1.165, 1.54) is 0 Å². The number of hydrogen-bond donors (Lipinski definition) is 3. The van der Waals surface area contributed by atoms with E-state index in [1.54, 1.807) is 30.3 Å². The Morgan fingerprint density at radius 3 is 2.05 bits per heavy atom. The first-order valence-electron chi connectivity index (χ1n) is 5.95. The molecule has 1 aromatic rings. The third kappa shape index (κ3) is 0.987. The van der Waals surface area contributed by atoms with E-state index in [9.17, 15) is 14.4 Å². The fourth-order valence-electron chi connectivity index (χ4n) is 3.45. The summed E-state index contributed by atoms with van der Waals surface area (Å²) < 4.78 is 0. The standard InChI is InChI=1S/C13H12N4O3/c14-8-12(9(15)18)7(6-4-2-1-3-5-6)13(12,10(16)19)11(20)17-8/h1-5,7H,(H2,15,18)(H2,16,19)(H2,14,17,20). The van der Waals surface area contributed by atoms with Crippen molar-refractivity contribution in [2.75, 3.05) is 0 Å². The molecule has 1 fully saturated rings. The van der Waals surface area contributed by atoms with Crippen molar-refractivity contribution >= 4 is 23.6 Å². The summed E-state index contributed by atoms with van der Waals surface area (Å²) in [5, 5.41) is 0. The van der Waals surface area contributed by atoms with E-state index >= 15 is 0 Å². The van der Waals surface area contributed by atoms with E-state index < -0.39 is 34.5 Å². The lowest BCUT2D eigenvalue weighted by Crippen LogP contribution is -2.43. The number of rotatable bonds is 3. The molecule has 0 aromatic heterocycles. The van der Waals surface area contributed by atoms with Crippen LogP contribution in [0.3, 0.4) is 0 Å². The number of nitrogens with zero attached hydrogens (tertiary/aromatic N) is 1. The van der Waals surface area contributed by atoms with Crippen LogP contribution >= 0.6 is 0 Å². The summed E-state index contributed by atoms with van der Waals surface area (Å²) in [7, 11) is 0. The van der Waals surface area contributed by atoms with Gasteiger partial charge in [0.15, 0.2) is 5.41 Å². The van der Waals surface area contributed by atoms with Gasteiger partial charge in [-0.15, -0.1) is 0 Å². The Morgan fingerprint density at radius 2 is 1.60 bits per heavy atom. The molecule has 3 amide bonds. The number of amides is 3. The van der Waals surface area contributed by atoms with Crippen molar-refractivity contribution in [3.63, 3.8) is 0 Å². The molecule has 3 rings (SSSR count). The quantitative estimate of drug-likeness (QED) is 0.583. The fourth-order valence-corrected chi connectivity index (χ4v) is 3.45. The van der Waals surface area contributed by atoms with E-state index in [-0.39, 0.29) is 5.84 Å². The zero-order valence-corrected chi connectivity index (χ0v) is 10.4. The van der Waals surface area contributed by atoms with Gasteiger partial charge < -0.3 is 17.2 Å². The van der Waals surface area contributed by atoms with Crippen LogP contribution in [0.5, 0.6) is 0 Å². The fraction of sp³-hybridized carbons (Fsp3) is 0.231. The van der Waals surface area contributed by atoms with Crippen LogP contribution in [0.15, 0.2) is 35.3 Å². The first-order chi connectivity index (χ1) is 9.41. The number of aliphatic imine (C=N–C) groups is 1. The molecule has 1 aliphatic carbocycles. The van der Waals surface area contributed by atoms with Gasteiger partial charge >= 0.3 is 0 Å². The van der Waals surface area contributed by atoms with Crippen LogP contribution in [0, 0.1) is 10.8 Å². The minimum atomic E-state index is -1.77. The van der Waals surface area contributed by atoms with Crippen molar-refractivity contribution in [1.82, 2.24) is 0 Å². The first-order valence-corrected chi connectivity index (χ1v) is 5.95. The monoisotopic (exact) mass is 272 g/mol. The van der Waals surface area contributed by atoms with Gasteiger partial charge in [-0.2, -0.15) is 4.99 Å². The molecule has 1 aromatic carbocycles. The van der Waals surface area contributed by atoms with Gasteiger partial charge in [-0.25, -0.2) is 0 Å². The summed E-state index contributed by atoms with van der Waals surface area (Å²) in [6.45, 7) is 0. The molecule has 20 heavy (non-hydrogen) atoms. The van der Waals surface area contributed by atoms with E-state index in [1.807, 2.05) is 0 Å². The molecule has 0 spiro atoms. The number of fused-ring (bicyclic) bond motifs is 1. The van der Waals surface area contributed by atoms with Crippen LogP contribution in [0.25, 0.3) is 0 Å². The maximum Gasteiger partial charge on any atom is 0.265 e. The van der Waals surface area contributed by atoms with Gasteiger partial charge in [-0.05, 0) is 5.56 Å². The molecule has 0 radical (unpaired) electrons. The van der Waals surface area contributed by atoms with Crippen LogP contribution in [0.2, 0.25) is 0 Å². The zero-order chi connectivity index (χ0) is 14.7. The van der Waals surface area contributed by atoms with Crippen molar-refractivity contribution in [2.24, 2.45) is 33.0 Å². The summed E-state index contributed by atoms with van der Waals surface area (Å²) in [5.41, 5.74) is 13.7. The smallest absolute Gasteiger partial charge is 0.265 e. The van der Waals surface area contributed by atoms with Gasteiger partial charge in [-0.3, -0.25) is 14.4 Å². The molecule has 6 N–H and O–H groups in total. The highest BCUT2D eigenvalue weighted by atomic mass is 16.2. The van der Waals surface area contributed by atoms with Crippen LogP contribution in [0.1, 0.15) is 11.5 Å². The maximum atomic E-state index is 12.1. The van der Waals surface area contributed by atoms with Gasteiger partial charge in [0.05, 0.1) is 0 Å². The number of benzene rings is 1. The Hall–Kier alpha value is -2.70. The van der Waals surface area contributed by atoms with Crippen molar-refractivity contribution in [3.8, 4) is 0 Å². The van der Waals surface area contributed by atoms with E-state index in [0.29, 0.717) is 5.56 Å². The Kier molecular flexibility index (Phi) is 2.12. The number of hydrogen-bond acceptors (Lipinski definition) is 4. The number of primary amides is 2. The van der Waals surface area contributed by atoms with Crippen LogP contribution in [-0.2, 0) is 14.4 Å². The molecule has 3 atom stereocenters. The van der Waals surface area contributed by atoms with Gasteiger partial charge in [0.2, 0.25) is 11.8 Å². The highest BCUT2D eigenvalue weighted by Gasteiger charge is 2.91. The second-order valence-electron chi connectivity index (χ2n) is 4.99. The van der Waals surface area contributed by atoms with E-state index in [4.69, 9.17) is 17.2 Å². The molecule has 1 aliphatic heterocycles. The molecule has 0 saturated heterocycles. The Morgan fingerprint density at radius 1 is 1.05 bits per heavy atom. The van der Waals surface area contributed by atoms with Crippen molar-refractivity contribution in [2.45, 2.75) is 5.92 Å². The molecular formula is C13H12N4O3. The lowest BCUT2D eigenvalue weighted by Gasteiger charge is -2.10. The Balaban J connectivity index is 2.27. The molecule has 7 nitrogen and oxygen atoms in total. The van der Waals surface area contributed by atoms with Crippen LogP contribution < -0.4 is 17.2 Å². The second kappa shape index (κ2) is 3.44. The summed E-state index contributed by atoms with van der Waals surface area (Å²) in [6.07, 6.45) is 0. The average Bonchev–Trinajstić information content (AvgIpc) is 2.99. The average molecular weight is 272 g/mol. The molecule has 3 unspecified atom stereocenters. The minimum Gasteiger partial charge on any atom is -0.386 e. The summed E-state index contributed by atoms with van der Waals surface area (Å²) >= 11 is 0. The van der Waals surface area contributed by atoms with Crippen molar-refractivity contribution < 1.29 is 14.4 Å². The lowest BCUT2D eigenvalue weighted by atomic mass is 9.92. The molecule has 2 aliphatic rings. The maximum absolute atomic E-state index is 12.1. The van der Waals surface area contributed by atoms with Crippen molar-refractivity contribution in [3.05, 3.63) is 35.9 Å². The predicted molar refractivity (Wildman–Crippen MR) is 69.1 cm³/mol. The second-order valence-corrected chi connectivity index (χ2v) is 4.99. The number of amidine groups is 1. The highest BCUT2D eigenvalue weighted by Crippen LogP contribution is 2.77. The Bertz CT molecular complexity index is 684. The molecule has 7 heteroatoms. The number of carbonyl (C=O) groups is 3. The third-order valence-electron chi connectivity index (χ3n) is 4.28. The highest BCUT2D eigenvalue weighted by molar-refractivity contribution is 6.33. The van der Waals surface area contributed by atoms with Crippen LogP contribution in [0.4, 0.5) is 0 Å². The van der Waals surface area contributed by atoms with E-state index in [0.717, 1.165) is 0 Å². The third-order valence-corrected chi connectivity index (χ3v) is 4.28. The lowest BCUT2D eigenvalue weighted by molar-refractivity contribution is -0.136. The number of carbonyl (C=O) groups excluding carboxylic acids is 3. The zero-order valence-electron chi connectivity index (χ0n) is 10.4. The number of nitrogens with two attached hydrogens (primary N) is 3. The largest absolute Gasteiger partial charge is 0.386 e. The summed E-state index contributed by atoms with van der Waals surface area (Å²) in [4.78, 5) is 39.4. The predicted octanol–water partition coefficient (Wildman–Crippen LogP) is -1.38. The van der Waals surface area contributed by atoms with E-state index in [2.05, 4.69) is 4.99 Å². The molecular weight excluding hydrogens is 260 g/mol. The molecule has 1 saturated carbocycles. The summed E-state index contributed by atoms with van der Waals surface area (Å²) in [6, 6.07) is 8.61. The molecule has 1 heterocycles. The minimum absolute atomic E-state index is 0.234. The van der Waals surface area contributed by atoms with Crippen LogP contribution in [-0.4, -0.2) is 23.6 Å². The van der Waals surface area contributed by atoms with Gasteiger partial charge in [0.25, 0.3) is 5.91 Å². The van der Waals surface area contributed by atoms with Crippen molar-refractivity contribution in [1.29, 1.82) is 0 Å². The molecule has 0 bridgehead atoms.